The second-order valence-corrected chi connectivity index (χ2v) is 10.3. The zero-order valence-electron chi connectivity index (χ0n) is 24.1. The minimum Gasteiger partial charge on any atom is -0.496 e. The topological polar surface area (TPSA) is 86.2 Å². The zero-order chi connectivity index (χ0) is 29.3. The third kappa shape index (κ3) is 4.96. The molecule has 0 spiro atoms. The minimum atomic E-state index is -1.49. The van der Waals surface area contributed by atoms with Gasteiger partial charge in [0.25, 0.3) is 0 Å². The first-order chi connectivity index (χ1) is 19.7. The van der Waals surface area contributed by atoms with E-state index in [0.29, 0.717) is 64.2 Å². The van der Waals surface area contributed by atoms with E-state index < -0.39 is 11.5 Å². The first kappa shape index (κ1) is 28.3. The van der Waals surface area contributed by atoms with Gasteiger partial charge >= 0.3 is 0 Å². The summed E-state index contributed by atoms with van der Waals surface area (Å²) in [7, 11) is 10.1. The Morgan fingerprint density at radius 3 is 2.27 bits per heavy atom. The highest BCUT2D eigenvalue weighted by atomic mass is 19.1. The summed E-state index contributed by atoms with van der Waals surface area (Å²) in [6.45, 7) is 0.567. The summed E-state index contributed by atoms with van der Waals surface area (Å²) in [6, 6.07) is 15.7. The van der Waals surface area contributed by atoms with E-state index in [4.69, 9.17) is 18.9 Å². The number of aliphatic hydroxyl groups is 1. The summed E-state index contributed by atoms with van der Waals surface area (Å²) in [5.74, 6) is 0.555. The molecule has 8 nitrogen and oxygen atoms in total. The summed E-state index contributed by atoms with van der Waals surface area (Å²) in [5, 5.41) is 13.0. The van der Waals surface area contributed by atoms with Crippen LogP contribution in [0.5, 0.6) is 23.4 Å². The van der Waals surface area contributed by atoms with Crippen molar-refractivity contribution in [2.24, 2.45) is 0 Å². The van der Waals surface area contributed by atoms with Gasteiger partial charge in [-0.1, -0.05) is 24.3 Å². The van der Waals surface area contributed by atoms with Crippen LogP contribution in [0.3, 0.4) is 0 Å². The first-order valence-corrected chi connectivity index (χ1v) is 13.2. The van der Waals surface area contributed by atoms with Crippen LogP contribution in [0, 0.1) is 5.82 Å². The van der Waals surface area contributed by atoms with Crippen LogP contribution < -0.4 is 18.9 Å². The lowest BCUT2D eigenvalue weighted by Crippen LogP contribution is -2.40. The lowest BCUT2D eigenvalue weighted by Gasteiger charge is -2.44. The van der Waals surface area contributed by atoms with Crippen molar-refractivity contribution in [3.05, 3.63) is 83.3 Å². The van der Waals surface area contributed by atoms with Crippen molar-refractivity contribution in [3.63, 3.8) is 0 Å². The number of nitrogens with zero attached hydrogens (tertiary/aromatic N) is 3. The Hall–Kier alpha value is -4.21. The van der Waals surface area contributed by atoms with Gasteiger partial charge in [0.1, 0.15) is 17.2 Å². The van der Waals surface area contributed by atoms with Gasteiger partial charge in [-0.2, -0.15) is 4.98 Å². The molecule has 0 radical (unpaired) electrons. The molecule has 41 heavy (non-hydrogen) atoms. The van der Waals surface area contributed by atoms with Crippen LogP contribution in [0.4, 0.5) is 4.39 Å². The van der Waals surface area contributed by atoms with Crippen LogP contribution in [0.25, 0.3) is 22.3 Å². The molecule has 1 aliphatic carbocycles. The molecule has 5 rings (SSSR count). The van der Waals surface area contributed by atoms with Gasteiger partial charge in [0.05, 0.1) is 34.0 Å². The van der Waals surface area contributed by atoms with Gasteiger partial charge in [-0.3, -0.25) is 0 Å². The van der Waals surface area contributed by atoms with Gasteiger partial charge in [0, 0.05) is 47.0 Å². The Morgan fingerprint density at radius 1 is 0.854 bits per heavy atom. The SMILES string of the molecule is COc1cc2c(c(OC)n1)-c1c(OC)cccc1C(c1cc(-c3cccc(F)c3)cnc1OC)C2(O)CCN(C)C. The number of halogens is 1. The number of fused-ring (bicyclic) bond motifs is 3. The maximum Gasteiger partial charge on any atom is 0.224 e. The van der Waals surface area contributed by atoms with E-state index in [1.54, 1.807) is 32.5 Å². The van der Waals surface area contributed by atoms with Crippen LogP contribution in [0.1, 0.15) is 29.0 Å². The van der Waals surface area contributed by atoms with E-state index in [2.05, 4.69) is 9.97 Å². The first-order valence-electron chi connectivity index (χ1n) is 13.2. The molecular weight excluding hydrogens is 525 g/mol. The predicted molar refractivity (Wildman–Crippen MR) is 154 cm³/mol. The van der Waals surface area contributed by atoms with E-state index in [1.165, 1.54) is 26.4 Å². The average Bonchev–Trinajstić information content (AvgIpc) is 2.99. The largest absolute Gasteiger partial charge is 0.496 e. The molecule has 0 amide bonds. The Labute approximate surface area is 239 Å². The third-order valence-electron chi connectivity index (χ3n) is 7.63. The van der Waals surface area contributed by atoms with Crippen LogP contribution in [0.2, 0.25) is 0 Å². The lowest BCUT2D eigenvalue weighted by molar-refractivity contribution is 0.00213. The van der Waals surface area contributed by atoms with Crippen LogP contribution in [-0.2, 0) is 5.60 Å². The van der Waals surface area contributed by atoms with Gasteiger partial charge < -0.3 is 29.0 Å². The van der Waals surface area contributed by atoms with Gasteiger partial charge in [-0.05, 0) is 55.9 Å². The maximum absolute atomic E-state index is 14.2. The number of hydrogen-bond acceptors (Lipinski definition) is 8. The van der Waals surface area contributed by atoms with E-state index in [9.17, 15) is 9.50 Å². The van der Waals surface area contributed by atoms with Crippen LogP contribution in [-0.4, -0.2) is 69.1 Å². The molecule has 0 fully saturated rings. The average molecular weight is 560 g/mol. The fourth-order valence-corrected chi connectivity index (χ4v) is 5.74. The van der Waals surface area contributed by atoms with Gasteiger partial charge in [-0.15, -0.1) is 0 Å². The molecule has 0 saturated carbocycles. The van der Waals surface area contributed by atoms with E-state index in [1.807, 2.05) is 49.3 Å². The zero-order valence-corrected chi connectivity index (χ0v) is 24.1. The maximum atomic E-state index is 14.2. The van der Waals surface area contributed by atoms with E-state index in [0.717, 1.165) is 11.1 Å². The van der Waals surface area contributed by atoms with Crippen molar-refractivity contribution < 1.29 is 28.4 Å². The molecule has 2 unspecified atom stereocenters. The van der Waals surface area contributed by atoms with Crippen LogP contribution in [0.15, 0.2) is 60.8 Å². The standard InChI is InChI=1S/C32H34FN3O5/c1-36(2)14-13-32(37)24-17-26(39-4)35-31(41-6)28(24)27-22(11-8-12-25(27)38-3)29(32)23-16-20(18-34-30(23)40-5)19-9-7-10-21(33)15-19/h7-12,15-18,29,37H,13-14H2,1-6H3. The Balaban J connectivity index is 1.88. The molecule has 4 aromatic rings. The number of methoxy groups -OCH3 is 4. The number of rotatable bonds is 9. The van der Waals surface area contributed by atoms with E-state index in [-0.39, 0.29) is 5.82 Å². The number of benzene rings is 2. The number of aromatic nitrogens is 2. The highest BCUT2D eigenvalue weighted by Gasteiger charge is 2.50. The van der Waals surface area contributed by atoms with Crippen molar-refractivity contribution in [2.75, 3.05) is 49.1 Å². The van der Waals surface area contributed by atoms with E-state index >= 15 is 0 Å². The molecule has 2 heterocycles. The molecule has 0 bridgehead atoms. The molecule has 1 aliphatic rings. The smallest absolute Gasteiger partial charge is 0.224 e. The minimum absolute atomic E-state index is 0.305. The third-order valence-corrected chi connectivity index (χ3v) is 7.63. The van der Waals surface area contributed by atoms with Crippen molar-refractivity contribution >= 4 is 0 Å². The van der Waals surface area contributed by atoms with Gasteiger partial charge in [-0.25, -0.2) is 9.37 Å². The van der Waals surface area contributed by atoms with Crippen molar-refractivity contribution in [1.29, 1.82) is 0 Å². The predicted octanol–water partition coefficient (Wildman–Crippen LogP) is 5.27. The monoisotopic (exact) mass is 559 g/mol. The van der Waals surface area contributed by atoms with Crippen LogP contribution >= 0.6 is 0 Å². The fraction of sp³-hybridized carbons (Fsp3) is 0.312. The van der Waals surface area contributed by atoms with Crippen molar-refractivity contribution in [1.82, 2.24) is 14.9 Å². The summed E-state index contributed by atoms with van der Waals surface area (Å²) >= 11 is 0. The second-order valence-electron chi connectivity index (χ2n) is 10.3. The summed E-state index contributed by atoms with van der Waals surface area (Å²) < 4.78 is 37.1. The molecule has 0 aliphatic heterocycles. The highest BCUT2D eigenvalue weighted by Crippen LogP contribution is 2.59. The highest BCUT2D eigenvalue weighted by molar-refractivity contribution is 5.85. The molecule has 1 N–H and O–H groups in total. The molecule has 9 heteroatoms. The molecular formula is C32H34FN3O5. The Bertz CT molecular complexity index is 1580. The van der Waals surface area contributed by atoms with Gasteiger partial charge in [0.15, 0.2) is 0 Å². The summed E-state index contributed by atoms with van der Waals surface area (Å²) in [4.78, 5) is 11.2. The molecule has 214 valence electrons. The molecule has 0 saturated heterocycles. The Kier molecular flexibility index (Phi) is 7.84. The molecule has 2 aromatic carbocycles. The van der Waals surface area contributed by atoms with Crippen molar-refractivity contribution in [2.45, 2.75) is 17.9 Å². The summed E-state index contributed by atoms with van der Waals surface area (Å²) in [6.07, 6.45) is 1.99. The van der Waals surface area contributed by atoms with Gasteiger partial charge in [0.2, 0.25) is 17.6 Å². The number of hydrogen-bond donors (Lipinski definition) is 1. The van der Waals surface area contributed by atoms with Crippen molar-refractivity contribution in [3.8, 4) is 45.6 Å². The molecule has 2 aromatic heterocycles. The quantitative estimate of drug-likeness (QED) is 0.297. The molecule has 2 atom stereocenters. The Morgan fingerprint density at radius 2 is 1.61 bits per heavy atom. The second kappa shape index (κ2) is 11.3. The number of pyridine rings is 2. The fourth-order valence-electron chi connectivity index (χ4n) is 5.74. The number of ether oxygens (including phenoxy) is 4. The lowest BCUT2D eigenvalue weighted by atomic mass is 9.64. The summed E-state index contributed by atoms with van der Waals surface area (Å²) in [5.41, 5.74) is 3.26. The normalized spacial score (nSPS) is 17.5.